The number of piperazine rings is 1. The fourth-order valence-electron chi connectivity index (χ4n) is 1.98. The van der Waals surface area contributed by atoms with Gasteiger partial charge < -0.3 is 15.1 Å². The van der Waals surface area contributed by atoms with Crippen molar-refractivity contribution in [3.05, 3.63) is 30.1 Å². The summed E-state index contributed by atoms with van der Waals surface area (Å²) in [4.78, 5) is 20.1. The fourth-order valence-corrected chi connectivity index (χ4v) is 1.98. The molecule has 1 saturated heterocycles. The van der Waals surface area contributed by atoms with Crippen molar-refractivity contribution in [1.82, 2.24) is 20.1 Å². The van der Waals surface area contributed by atoms with Crippen LogP contribution >= 0.6 is 0 Å². The van der Waals surface area contributed by atoms with Crippen molar-refractivity contribution in [3.63, 3.8) is 0 Å². The molecule has 0 aliphatic carbocycles. The van der Waals surface area contributed by atoms with Crippen LogP contribution in [0.15, 0.2) is 24.5 Å². The maximum Gasteiger partial charge on any atom is 0.236 e. The Balaban J connectivity index is 1.69. The van der Waals surface area contributed by atoms with Crippen LogP contribution in [0.5, 0.6) is 0 Å². The third-order valence-electron chi connectivity index (χ3n) is 3.21. The summed E-state index contributed by atoms with van der Waals surface area (Å²) in [6.07, 6.45) is 3.53. The molecule has 1 aliphatic heterocycles. The van der Waals surface area contributed by atoms with E-state index in [2.05, 4.69) is 22.2 Å². The van der Waals surface area contributed by atoms with Crippen molar-refractivity contribution < 1.29 is 4.79 Å². The van der Waals surface area contributed by atoms with E-state index in [4.69, 9.17) is 0 Å². The van der Waals surface area contributed by atoms with Gasteiger partial charge in [-0.05, 0) is 24.7 Å². The molecule has 5 heteroatoms. The van der Waals surface area contributed by atoms with E-state index in [-0.39, 0.29) is 5.91 Å². The summed E-state index contributed by atoms with van der Waals surface area (Å²) < 4.78 is 0. The Kier molecular flexibility index (Phi) is 4.66. The highest BCUT2D eigenvalue weighted by atomic mass is 16.2. The number of hydrogen-bond donors (Lipinski definition) is 1. The third-order valence-corrected chi connectivity index (χ3v) is 3.21. The number of likely N-dealkylation sites (N-methyl/N-ethyl adjacent to an activating group) is 1. The van der Waals surface area contributed by atoms with Crippen LogP contribution < -0.4 is 5.32 Å². The van der Waals surface area contributed by atoms with Crippen molar-refractivity contribution in [2.45, 2.75) is 6.54 Å². The molecule has 0 radical (unpaired) electrons. The Morgan fingerprint density at radius 3 is 2.61 bits per heavy atom. The van der Waals surface area contributed by atoms with E-state index in [1.54, 1.807) is 12.4 Å². The third kappa shape index (κ3) is 3.78. The molecule has 0 atom stereocenters. The lowest BCUT2D eigenvalue weighted by molar-refractivity contribution is -0.131. The molecule has 1 aromatic heterocycles. The minimum atomic E-state index is 0.192. The summed E-state index contributed by atoms with van der Waals surface area (Å²) in [7, 11) is 2.09. The number of aromatic nitrogens is 1. The molecule has 1 N–H and O–H groups in total. The summed E-state index contributed by atoms with van der Waals surface area (Å²) in [5, 5.41) is 3.18. The van der Waals surface area contributed by atoms with Gasteiger partial charge in [0.1, 0.15) is 0 Å². The Labute approximate surface area is 108 Å². The second kappa shape index (κ2) is 6.47. The van der Waals surface area contributed by atoms with Crippen LogP contribution in [0, 0.1) is 0 Å². The van der Waals surface area contributed by atoms with Crippen LogP contribution in [0.1, 0.15) is 5.56 Å². The lowest BCUT2D eigenvalue weighted by Gasteiger charge is -2.32. The molecule has 1 fully saturated rings. The van der Waals surface area contributed by atoms with Crippen LogP contribution in [0.25, 0.3) is 0 Å². The number of nitrogens with zero attached hydrogens (tertiary/aromatic N) is 3. The summed E-state index contributed by atoms with van der Waals surface area (Å²) in [5.41, 5.74) is 1.15. The quantitative estimate of drug-likeness (QED) is 0.811. The SMILES string of the molecule is CN1CCN(C(=O)CNCc2ccncc2)CC1. The van der Waals surface area contributed by atoms with Crippen LogP contribution in [0.3, 0.4) is 0 Å². The smallest absolute Gasteiger partial charge is 0.236 e. The first kappa shape index (κ1) is 13.0. The molecule has 2 rings (SSSR count). The van der Waals surface area contributed by atoms with Gasteiger partial charge in [0.15, 0.2) is 0 Å². The molecular formula is C13H20N4O. The number of amides is 1. The molecule has 1 amide bonds. The van der Waals surface area contributed by atoms with E-state index >= 15 is 0 Å². The van der Waals surface area contributed by atoms with Crippen LogP contribution in [-0.2, 0) is 11.3 Å². The van der Waals surface area contributed by atoms with Crippen molar-refractivity contribution in [1.29, 1.82) is 0 Å². The van der Waals surface area contributed by atoms with Gasteiger partial charge >= 0.3 is 0 Å². The molecule has 5 nitrogen and oxygen atoms in total. The molecule has 1 aliphatic rings. The number of rotatable bonds is 4. The first-order valence-electron chi connectivity index (χ1n) is 6.31. The molecule has 0 aromatic carbocycles. The Bertz CT molecular complexity index is 374. The number of carbonyl (C=O) groups excluding carboxylic acids is 1. The van der Waals surface area contributed by atoms with Crippen LogP contribution in [0.4, 0.5) is 0 Å². The van der Waals surface area contributed by atoms with E-state index in [0.29, 0.717) is 13.1 Å². The average molecular weight is 248 g/mol. The van der Waals surface area contributed by atoms with Gasteiger partial charge in [0.05, 0.1) is 6.54 Å². The summed E-state index contributed by atoms with van der Waals surface area (Å²) in [6.45, 7) is 4.73. The van der Waals surface area contributed by atoms with E-state index in [0.717, 1.165) is 31.7 Å². The van der Waals surface area contributed by atoms with Crippen LogP contribution in [0.2, 0.25) is 0 Å². The second-order valence-corrected chi connectivity index (χ2v) is 4.64. The predicted molar refractivity (Wildman–Crippen MR) is 70.0 cm³/mol. The summed E-state index contributed by atoms with van der Waals surface area (Å²) in [5.74, 6) is 0.192. The van der Waals surface area contributed by atoms with E-state index in [9.17, 15) is 4.79 Å². The Morgan fingerprint density at radius 1 is 1.28 bits per heavy atom. The highest BCUT2D eigenvalue weighted by molar-refractivity contribution is 5.78. The Hall–Kier alpha value is -1.46. The minimum Gasteiger partial charge on any atom is -0.339 e. The van der Waals surface area contributed by atoms with Crippen molar-refractivity contribution >= 4 is 5.91 Å². The van der Waals surface area contributed by atoms with Gasteiger partial charge in [-0.3, -0.25) is 9.78 Å². The van der Waals surface area contributed by atoms with Gasteiger partial charge in [-0.2, -0.15) is 0 Å². The Morgan fingerprint density at radius 2 is 1.94 bits per heavy atom. The van der Waals surface area contributed by atoms with Crippen LogP contribution in [-0.4, -0.2) is 60.5 Å². The molecule has 0 spiro atoms. The van der Waals surface area contributed by atoms with Gasteiger partial charge in [-0.1, -0.05) is 0 Å². The van der Waals surface area contributed by atoms with Gasteiger partial charge in [-0.25, -0.2) is 0 Å². The molecule has 0 bridgehead atoms. The maximum atomic E-state index is 11.9. The average Bonchev–Trinajstić information content (AvgIpc) is 2.40. The van der Waals surface area contributed by atoms with E-state index in [1.807, 2.05) is 17.0 Å². The number of nitrogens with one attached hydrogen (secondary N) is 1. The highest BCUT2D eigenvalue weighted by Crippen LogP contribution is 1.99. The zero-order valence-corrected chi connectivity index (χ0v) is 10.8. The standard InChI is InChI=1S/C13H20N4O/c1-16-6-8-17(9-7-16)13(18)11-15-10-12-2-4-14-5-3-12/h2-5,15H,6-11H2,1H3. The summed E-state index contributed by atoms with van der Waals surface area (Å²) >= 11 is 0. The van der Waals surface area contributed by atoms with Crippen molar-refractivity contribution in [2.75, 3.05) is 39.8 Å². The molecular weight excluding hydrogens is 228 g/mol. The van der Waals surface area contributed by atoms with Gasteiger partial charge in [0.2, 0.25) is 5.91 Å². The molecule has 2 heterocycles. The summed E-state index contributed by atoms with van der Waals surface area (Å²) in [6, 6.07) is 3.90. The fraction of sp³-hybridized carbons (Fsp3) is 0.538. The topological polar surface area (TPSA) is 48.5 Å². The van der Waals surface area contributed by atoms with Gasteiger partial charge in [0, 0.05) is 45.1 Å². The normalized spacial score (nSPS) is 16.8. The zero-order chi connectivity index (χ0) is 12.8. The van der Waals surface area contributed by atoms with E-state index < -0.39 is 0 Å². The highest BCUT2D eigenvalue weighted by Gasteiger charge is 2.18. The van der Waals surface area contributed by atoms with Crippen molar-refractivity contribution in [3.8, 4) is 0 Å². The first-order valence-corrected chi connectivity index (χ1v) is 6.31. The number of carbonyl (C=O) groups is 1. The first-order chi connectivity index (χ1) is 8.75. The predicted octanol–water partition coefficient (Wildman–Crippen LogP) is -0.0548. The monoisotopic (exact) mass is 248 g/mol. The van der Waals surface area contributed by atoms with Gasteiger partial charge in [-0.15, -0.1) is 0 Å². The molecule has 98 valence electrons. The molecule has 0 saturated carbocycles. The molecule has 18 heavy (non-hydrogen) atoms. The second-order valence-electron chi connectivity index (χ2n) is 4.64. The molecule has 1 aromatic rings. The minimum absolute atomic E-state index is 0.192. The van der Waals surface area contributed by atoms with Crippen molar-refractivity contribution in [2.24, 2.45) is 0 Å². The zero-order valence-electron chi connectivity index (χ0n) is 10.8. The lowest BCUT2D eigenvalue weighted by Crippen LogP contribution is -2.49. The number of hydrogen-bond acceptors (Lipinski definition) is 4. The van der Waals surface area contributed by atoms with E-state index in [1.165, 1.54) is 0 Å². The van der Waals surface area contributed by atoms with Gasteiger partial charge in [0.25, 0.3) is 0 Å². The molecule has 0 unspecified atom stereocenters. The largest absolute Gasteiger partial charge is 0.339 e. The number of pyridine rings is 1. The lowest BCUT2D eigenvalue weighted by atomic mass is 10.2. The maximum absolute atomic E-state index is 11.9.